The van der Waals surface area contributed by atoms with Crippen LogP contribution >= 0.6 is 0 Å². The Balaban J connectivity index is 2.58. The second kappa shape index (κ2) is 5.75. The number of aliphatic carboxylic acids is 1. The second-order valence-electron chi connectivity index (χ2n) is 3.52. The maximum atomic E-state index is 11.5. The van der Waals surface area contributed by atoms with E-state index in [1.54, 1.807) is 6.92 Å². The van der Waals surface area contributed by atoms with Crippen LogP contribution in [0.1, 0.15) is 13.3 Å². The first-order valence-corrected chi connectivity index (χ1v) is 5.13. The average molecular weight is 256 g/mol. The molecule has 1 rings (SSSR count). The molecule has 1 unspecified atom stereocenters. The Bertz CT molecular complexity index is 469. The summed E-state index contributed by atoms with van der Waals surface area (Å²) in [6.45, 7) is 1.36. The molecule has 98 valence electrons. The molecule has 0 bridgehead atoms. The molecule has 9 heteroatoms. The zero-order valence-corrected chi connectivity index (χ0v) is 9.57. The van der Waals surface area contributed by atoms with Gasteiger partial charge in [-0.15, -0.1) is 0 Å². The lowest BCUT2D eigenvalue weighted by atomic mass is 10.2. The summed E-state index contributed by atoms with van der Waals surface area (Å²) in [4.78, 5) is 31.9. The van der Waals surface area contributed by atoms with Gasteiger partial charge < -0.3 is 10.4 Å². The summed E-state index contributed by atoms with van der Waals surface area (Å²) < 4.78 is 1.07. The Kier molecular flexibility index (Phi) is 4.35. The highest BCUT2D eigenvalue weighted by Gasteiger charge is 2.18. The van der Waals surface area contributed by atoms with Crippen LogP contribution in [0.15, 0.2) is 12.4 Å². The molecule has 0 saturated heterocycles. The minimum Gasteiger partial charge on any atom is -0.480 e. The zero-order chi connectivity index (χ0) is 13.7. The Morgan fingerprint density at radius 2 is 2.33 bits per heavy atom. The number of amides is 1. The highest BCUT2D eigenvalue weighted by atomic mass is 16.6. The highest BCUT2D eigenvalue weighted by Crippen LogP contribution is 2.07. The summed E-state index contributed by atoms with van der Waals surface area (Å²) >= 11 is 0. The molecule has 18 heavy (non-hydrogen) atoms. The lowest BCUT2D eigenvalue weighted by molar-refractivity contribution is -0.385. The number of carboxylic acid groups (broad SMARTS) is 1. The molecule has 9 nitrogen and oxygen atoms in total. The van der Waals surface area contributed by atoms with Gasteiger partial charge in [0.25, 0.3) is 0 Å². The normalized spacial score (nSPS) is 11.8. The van der Waals surface area contributed by atoms with Crippen LogP contribution in [0.2, 0.25) is 0 Å². The number of carbonyl (C=O) groups is 2. The van der Waals surface area contributed by atoms with Crippen molar-refractivity contribution in [3.63, 3.8) is 0 Å². The monoisotopic (exact) mass is 256 g/mol. The number of hydrogen-bond donors (Lipinski definition) is 2. The van der Waals surface area contributed by atoms with E-state index in [0.29, 0.717) is 0 Å². The molecule has 0 saturated carbocycles. The fraction of sp³-hybridized carbons (Fsp3) is 0.444. The van der Waals surface area contributed by atoms with Crippen LogP contribution < -0.4 is 5.32 Å². The van der Waals surface area contributed by atoms with Crippen LogP contribution in [0.25, 0.3) is 0 Å². The molecule has 0 aliphatic heterocycles. The smallest absolute Gasteiger partial charge is 0.326 e. The molecule has 0 fully saturated rings. The van der Waals surface area contributed by atoms with Crippen LogP contribution in [0.3, 0.4) is 0 Å². The van der Waals surface area contributed by atoms with Crippen molar-refractivity contribution in [3.05, 3.63) is 22.5 Å². The molecular formula is C9H12N4O5. The first-order valence-electron chi connectivity index (χ1n) is 5.13. The summed E-state index contributed by atoms with van der Waals surface area (Å²) in [5.41, 5.74) is -0.229. The van der Waals surface area contributed by atoms with Gasteiger partial charge in [0, 0.05) is 0 Å². The number of carbonyl (C=O) groups excluding carboxylic acids is 1. The number of hydrogen-bond acceptors (Lipinski definition) is 5. The van der Waals surface area contributed by atoms with Gasteiger partial charge in [-0.2, -0.15) is 5.10 Å². The molecule has 0 aliphatic rings. The van der Waals surface area contributed by atoms with Crippen molar-refractivity contribution in [1.82, 2.24) is 15.1 Å². The SMILES string of the molecule is CCC(NC(=O)Cn1cc([N+](=O)[O-])cn1)C(=O)O. The predicted molar refractivity (Wildman–Crippen MR) is 58.7 cm³/mol. The van der Waals surface area contributed by atoms with Gasteiger partial charge in [0.2, 0.25) is 5.91 Å². The van der Waals surface area contributed by atoms with Gasteiger partial charge in [0.15, 0.2) is 0 Å². The second-order valence-corrected chi connectivity index (χ2v) is 3.52. The molecule has 0 aromatic carbocycles. The Hall–Kier alpha value is -2.45. The van der Waals surface area contributed by atoms with E-state index in [1.165, 1.54) is 0 Å². The van der Waals surface area contributed by atoms with Crippen molar-refractivity contribution in [2.24, 2.45) is 0 Å². The highest BCUT2D eigenvalue weighted by molar-refractivity contribution is 5.83. The number of rotatable bonds is 6. The quantitative estimate of drug-likeness (QED) is 0.534. The van der Waals surface area contributed by atoms with E-state index in [9.17, 15) is 19.7 Å². The van der Waals surface area contributed by atoms with Crippen LogP contribution in [-0.4, -0.2) is 37.7 Å². The van der Waals surface area contributed by atoms with E-state index in [0.717, 1.165) is 17.1 Å². The summed E-state index contributed by atoms with van der Waals surface area (Å²) in [5.74, 6) is -1.69. The summed E-state index contributed by atoms with van der Waals surface area (Å²) in [6.07, 6.45) is 2.36. The van der Waals surface area contributed by atoms with E-state index in [2.05, 4.69) is 10.4 Å². The van der Waals surface area contributed by atoms with Gasteiger partial charge in [-0.3, -0.25) is 19.6 Å². The molecule has 2 N–H and O–H groups in total. The third-order valence-corrected chi connectivity index (χ3v) is 2.18. The summed E-state index contributed by atoms with van der Waals surface area (Å²) in [7, 11) is 0. The van der Waals surface area contributed by atoms with E-state index >= 15 is 0 Å². The lowest BCUT2D eigenvalue weighted by Crippen LogP contribution is -2.41. The first-order chi connectivity index (χ1) is 8.43. The van der Waals surface area contributed by atoms with Crippen molar-refractivity contribution >= 4 is 17.6 Å². The molecule has 1 aromatic rings. The maximum Gasteiger partial charge on any atom is 0.326 e. The molecule has 1 atom stereocenters. The van der Waals surface area contributed by atoms with E-state index in [4.69, 9.17) is 5.11 Å². The van der Waals surface area contributed by atoms with Crippen molar-refractivity contribution in [1.29, 1.82) is 0 Å². The summed E-state index contributed by atoms with van der Waals surface area (Å²) in [5, 5.41) is 25.0. The first kappa shape index (κ1) is 13.6. The van der Waals surface area contributed by atoms with E-state index in [1.807, 2.05) is 0 Å². The van der Waals surface area contributed by atoms with Gasteiger partial charge in [0.05, 0.1) is 4.92 Å². The molecule has 0 aliphatic carbocycles. The Labute approximate surface area is 102 Å². The maximum absolute atomic E-state index is 11.5. The fourth-order valence-corrected chi connectivity index (χ4v) is 1.26. The van der Waals surface area contributed by atoms with Crippen molar-refractivity contribution in [2.45, 2.75) is 25.9 Å². The lowest BCUT2D eigenvalue weighted by Gasteiger charge is -2.11. The zero-order valence-electron chi connectivity index (χ0n) is 9.57. The van der Waals surface area contributed by atoms with Crippen LogP contribution in [0, 0.1) is 10.1 Å². The van der Waals surface area contributed by atoms with Crippen LogP contribution in [0.5, 0.6) is 0 Å². The van der Waals surface area contributed by atoms with Crippen molar-refractivity contribution < 1.29 is 19.6 Å². The molecule has 1 heterocycles. The minimum atomic E-state index is -1.13. The molecule has 1 amide bonds. The number of carboxylic acids is 1. The topological polar surface area (TPSA) is 127 Å². The molecule has 0 spiro atoms. The number of nitro groups is 1. The molecular weight excluding hydrogens is 244 g/mol. The van der Waals surface area contributed by atoms with Gasteiger partial charge >= 0.3 is 11.7 Å². The standard InChI is InChI=1S/C9H12N4O5/c1-2-7(9(15)16)11-8(14)5-12-4-6(3-10-12)13(17)18/h3-4,7H,2,5H2,1H3,(H,11,14)(H,15,16). The van der Waals surface area contributed by atoms with Gasteiger partial charge in [-0.1, -0.05) is 6.92 Å². The van der Waals surface area contributed by atoms with Crippen molar-refractivity contribution in [3.8, 4) is 0 Å². The fourth-order valence-electron chi connectivity index (χ4n) is 1.26. The Morgan fingerprint density at radius 1 is 1.67 bits per heavy atom. The summed E-state index contributed by atoms with van der Waals surface area (Å²) in [6, 6.07) is -0.969. The van der Waals surface area contributed by atoms with E-state index in [-0.39, 0.29) is 18.7 Å². The van der Waals surface area contributed by atoms with Gasteiger partial charge in [0.1, 0.15) is 25.0 Å². The number of nitrogens with one attached hydrogen (secondary N) is 1. The number of aromatic nitrogens is 2. The third-order valence-electron chi connectivity index (χ3n) is 2.18. The third kappa shape index (κ3) is 3.54. The van der Waals surface area contributed by atoms with Crippen LogP contribution in [-0.2, 0) is 16.1 Å². The largest absolute Gasteiger partial charge is 0.480 e. The number of nitrogens with zero attached hydrogens (tertiary/aromatic N) is 3. The predicted octanol–water partition coefficient (Wildman–Crippen LogP) is -0.229. The Morgan fingerprint density at radius 3 is 2.78 bits per heavy atom. The van der Waals surface area contributed by atoms with Gasteiger partial charge in [-0.05, 0) is 6.42 Å². The molecule has 0 radical (unpaired) electrons. The van der Waals surface area contributed by atoms with Gasteiger partial charge in [-0.25, -0.2) is 4.79 Å². The minimum absolute atomic E-state index is 0.229. The average Bonchev–Trinajstić information content (AvgIpc) is 2.74. The van der Waals surface area contributed by atoms with Crippen LogP contribution in [0.4, 0.5) is 5.69 Å². The van der Waals surface area contributed by atoms with Crippen molar-refractivity contribution in [2.75, 3.05) is 0 Å². The van der Waals surface area contributed by atoms with E-state index < -0.39 is 22.8 Å². The molecule has 1 aromatic heterocycles.